The Bertz CT molecular complexity index is 652. The molecule has 2 aromatic rings. The number of rotatable bonds is 3. The second-order valence-electron chi connectivity index (χ2n) is 5.00. The van der Waals surface area contributed by atoms with Crippen molar-refractivity contribution in [2.75, 3.05) is 36.5 Å². The highest BCUT2D eigenvalue weighted by atomic mass is 16.5. The summed E-state index contributed by atoms with van der Waals surface area (Å²) in [7, 11) is 0. The van der Waals surface area contributed by atoms with Crippen molar-refractivity contribution < 1.29 is 14.6 Å². The first-order valence-electron chi connectivity index (χ1n) is 7.11. The van der Waals surface area contributed by atoms with Gasteiger partial charge in [-0.05, 0) is 36.4 Å². The predicted octanol–water partition coefficient (Wildman–Crippen LogP) is 1.88. The molecule has 1 aromatic carbocycles. The van der Waals surface area contributed by atoms with Gasteiger partial charge >= 0.3 is 0 Å². The molecule has 2 N–H and O–H groups in total. The number of aromatic hydroxyl groups is 1. The molecule has 0 spiro atoms. The highest BCUT2D eigenvalue weighted by molar-refractivity contribution is 6.04. The number of pyridine rings is 1. The van der Waals surface area contributed by atoms with Crippen LogP contribution < -0.4 is 10.2 Å². The van der Waals surface area contributed by atoms with Crippen molar-refractivity contribution in [3.8, 4) is 5.75 Å². The van der Waals surface area contributed by atoms with E-state index in [2.05, 4.69) is 15.2 Å². The van der Waals surface area contributed by atoms with Crippen LogP contribution in [0.25, 0.3) is 0 Å². The lowest BCUT2D eigenvalue weighted by molar-refractivity contribution is 0.102. The SMILES string of the molecule is O=C(Nc1ccc(O)cc1)c1ccnc(N2CCOCC2)c1. The van der Waals surface area contributed by atoms with Gasteiger partial charge in [-0.1, -0.05) is 0 Å². The van der Waals surface area contributed by atoms with Gasteiger partial charge in [0.2, 0.25) is 0 Å². The lowest BCUT2D eigenvalue weighted by Crippen LogP contribution is -2.36. The highest BCUT2D eigenvalue weighted by Crippen LogP contribution is 2.17. The smallest absolute Gasteiger partial charge is 0.255 e. The number of anilines is 2. The maximum atomic E-state index is 12.3. The number of benzene rings is 1. The van der Waals surface area contributed by atoms with Crippen LogP contribution in [0.15, 0.2) is 42.6 Å². The fraction of sp³-hybridized carbons (Fsp3) is 0.250. The van der Waals surface area contributed by atoms with Crippen molar-refractivity contribution in [2.24, 2.45) is 0 Å². The summed E-state index contributed by atoms with van der Waals surface area (Å²) in [4.78, 5) is 18.7. The first kappa shape index (κ1) is 14.3. The third kappa shape index (κ3) is 3.35. The molecule has 0 saturated carbocycles. The van der Waals surface area contributed by atoms with E-state index in [1.807, 2.05) is 0 Å². The number of phenolic OH excluding ortho intramolecular Hbond substituents is 1. The average Bonchev–Trinajstić information content (AvgIpc) is 2.58. The molecule has 0 unspecified atom stereocenters. The molecule has 1 fully saturated rings. The normalized spacial score (nSPS) is 14.6. The van der Waals surface area contributed by atoms with Gasteiger partial charge in [0.1, 0.15) is 11.6 Å². The van der Waals surface area contributed by atoms with Gasteiger partial charge in [0, 0.05) is 30.5 Å². The van der Waals surface area contributed by atoms with E-state index in [0.29, 0.717) is 24.5 Å². The molecule has 1 aromatic heterocycles. The number of phenols is 1. The fourth-order valence-electron chi connectivity index (χ4n) is 2.27. The second-order valence-corrected chi connectivity index (χ2v) is 5.00. The van der Waals surface area contributed by atoms with Gasteiger partial charge in [0.05, 0.1) is 13.2 Å². The standard InChI is InChI=1S/C16H17N3O3/c20-14-3-1-13(2-4-14)18-16(21)12-5-6-17-15(11-12)19-7-9-22-10-8-19/h1-6,11,20H,7-10H2,(H,18,21). The van der Waals surface area contributed by atoms with Crippen molar-refractivity contribution in [3.05, 3.63) is 48.2 Å². The Kier molecular flexibility index (Phi) is 4.20. The summed E-state index contributed by atoms with van der Waals surface area (Å²) in [6.07, 6.45) is 1.64. The monoisotopic (exact) mass is 299 g/mol. The molecule has 6 heteroatoms. The first-order valence-corrected chi connectivity index (χ1v) is 7.11. The minimum absolute atomic E-state index is 0.163. The van der Waals surface area contributed by atoms with Gasteiger partial charge in [-0.2, -0.15) is 0 Å². The lowest BCUT2D eigenvalue weighted by Gasteiger charge is -2.27. The third-order valence-corrected chi connectivity index (χ3v) is 3.47. The lowest BCUT2D eigenvalue weighted by atomic mass is 10.2. The second kappa shape index (κ2) is 6.44. The summed E-state index contributed by atoms with van der Waals surface area (Å²) >= 11 is 0. The van der Waals surface area contributed by atoms with E-state index in [0.717, 1.165) is 18.9 Å². The molecule has 1 aliphatic rings. The number of amides is 1. The number of aromatic nitrogens is 1. The molecule has 1 amide bonds. The molecule has 0 atom stereocenters. The van der Waals surface area contributed by atoms with E-state index >= 15 is 0 Å². The maximum Gasteiger partial charge on any atom is 0.255 e. The Morgan fingerprint density at radius 3 is 2.64 bits per heavy atom. The predicted molar refractivity (Wildman–Crippen MR) is 83.3 cm³/mol. The van der Waals surface area contributed by atoms with Crippen LogP contribution in [0.5, 0.6) is 5.75 Å². The fourth-order valence-corrected chi connectivity index (χ4v) is 2.27. The molecule has 0 bridgehead atoms. The third-order valence-electron chi connectivity index (χ3n) is 3.47. The van der Waals surface area contributed by atoms with E-state index in [4.69, 9.17) is 4.74 Å². The van der Waals surface area contributed by atoms with Gasteiger partial charge in [-0.15, -0.1) is 0 Å². The van der Waals surface area contributed by atoms with Gasteiger partial charge in [0.15, 0.2) is 0 Å². The Morgan fingerprint density at radius 1 is 1.18 bits per heavy atom. The Labute approximate surface area is 128 Å². The van der Waals surface area contributed by atoms with Crippen LogP contribution in [0, 0.1) is 0 Å². The van der Waals surface area contributed by atoms with Crippen LogP contribution >= 0.6 is 0 Å². The van der Waals surface area contributed by atoms with E-state index in [1.54, 1.807) is 30.5 Å². The molecule has 0 aliphatic carbocycles. The zero-order valence-corrected chi connectivity index (χ0v) is 12.0. The largest absolute Gasteiger partial charge is 0.508 e. The number of nitrogens with one attached hydrogen (secondary N) is 1. The number of carbonyl (C=O) groups is 1. The summed E-state index contributed by atoms with van der Waals surface area (Å²) < 4.78 is 5.32. The van der Waals surface area contributed by atoms with E-state index < -0.39 is 0 Å². The van der Waals surface area contributed by atoms with Crippen molar-refractivity contribution in [1.29, 1.82) is 0 Å². The van der Waals surface area contributed by atoms with E-state index in [-0.39, 0.29) is 11.7 Å². The van der Waals surface area contributed by atoms with Crippen molar-refractivity contribution >= 4 is 17.4 Å². The number of ether oxygens (including phenoxy) is 1. The number of nitrogens with zero attached hydrogens (tertiary/aromatic N) is 2. The molecule has 3 rings (SSSR count). The summed E-state index contributed by atoms with van der Waals surface area (Å²) in [5, 5.41) is 12.0. The Morgan fingerprint density at radius 2 is 1.91 bits per heavy atom. The minimum atomic E-state index is -0.206. The summed E-state index contributed by atoms with van der Waals surface area (Å²) in [6, 6.07) is 9.82. The molecule has 1 aliphatic heterocycles. The molecule has 114 valence electrons. The van der Waals surface area contributed by atoms with Crippen LogP contribution in [0.3, 0.4) is 0 Å². The molecular weight excluding hydrogens is 282 g/mol. The maximum absolute atomic E-state index is 12.3. The minimum Gasteiger partial charge on any atom is -0.508 e. The number of morpholine rings is 1. The van der Waals surface area contributed by atoms with Gasteiger partial charge in [0.25, 0.3) is 5.91 Å². The summed E-state index contributed by atoms with van der Waals surface area (Å²) in [5.41, 5.74) is 1.18. The summed E-state index contributed by atoms with van der Waals surface area (Å²) in [5.74, 6) is 0.737. The van der Waals surface area contributed by atoms with Crippen LogP contribution in [0.2, 0.25) is 0 Å². The zero-order chi connectivity index (χ0) is 15.4. The van der Waals surface area contributed by atoms with Crippen LogP contribution in [0.4, 0.5) is 11.5 Å². The number of hydrogen-bond acceptors (Lipinski definition) is 5. The van der Waals surface area contributed by atoms with Gasteiger partial charge in [-0.3, -0.25) is 4.79 Å². The molecule has 1 saturated heterocycles. The molecule has 6 nitrogen and oxygen atoms in total. The molecule has 2 heterocycles. The summed E-state index contributed by atoms with van der Waals surface area (Å²) in [6.45, 7) is 2.89. The molecule has 22 heavy (non-hydrogen) atoms. The Hall–Kier alpha value is -2.60. The van der Waals surface area contributed by atoms with Crippen molar-refractivity contribution in [3.63, 3.8) is 0 Å². The number of carbonyl (C=O) groups excluding carboxylic acids is 1. The van der Waals surface area contributed by atoms with E-state index in [1.165, 1.54) is 12.1 Å². The highest BCUT2D eigenvalue weighted by Gasteiger charge is 2.14. The van der Waals surface area contributed by atoms with Crippen molar-refractivity contribution in [2.45, 2.75) is 0 Å². The van der Waals surface area contributed by atoms with Gasteiger partial charge < -0.3 is 20.1 Å². The Balaban J connectivity index is 1.73. The number of hydrogen-bond donors (Lipinski definition) is 2. The first-order chi connectivity index (χ1) is 10.7. The molecule has 0 radical (unpaired) electrons. The van der Waals surface area contributed by atoms with Gasteiger partial charge in [-0.25, -0.2) is 4.98 Å². The van der Waals surface area contributed by atoms with E-state index in [9.17, 15) is 9.90 Å². The van der Waals surface area contributed by atoms with Crippen LogP contribution in [0.1, 0.15) is 10.4 Å². The van der Waals surface area contributed by atoms with Crippen LogP contribution in [-0.2, 0) is 4.74 Å². The average molecular weight is 299 g/mol. The van der Waals surface area contributed by atoms with Crippen molar-refractivity contribution in [1.82, 2.24) is 4.98 Å². The topological polar surface area (TPSA) is 74.7 Å². The molecular formula is C16H17N3O3. The quantitative estimate of drug-likeness (QED) is 0.846. The van der Waals surface area contributed by atoms with Crippen LogP contribution in [-0.4, -0.2) is 42.3 Å². The zero-order valence-electron chi connectivity index (χ0n) is 12.0.